The molecule has 5 heteroatoms. The van der Waals surface area contributed by atoms with Gasteiger partial charge in [0, 0.05) is 12.6 Å². The van der Waals surface area contributed by atoms with Gasteiger partial charge in [-0.05, 0) is 37.1 Å². The summed E-state index contributed by atoms with van der Waals surface area (Å²) in [5, 5.41) is 8.46. The first-order valence-electron chi connectivity index (χ1n) is 5.74. The van der Waals surface area contributed by atoms with Crippen LogP contribution in [0.2, 0.25) is 5.28 Å². The molecule has 2 heterocycles. The molecule has 1 atom stereocenters. The van der Waals surface area contributed by atoms with Crippen molar-refractivity contribution in [2.45, 2.75) is 32.7 Å². The number of halogens is 1. The molecule has 0 saturated carbocycles. The van der Waals surface area contributed by atoms with E-state index in [0.29, 0.717) is 5.28 Å². The molecule has 0 saturated heterocycles. The summed E-state index contributed by atoms with van der Waals surface area (Å²) in [5.74, 6) is 0.913. The van der Waals surface area contributed by atoms with Crippen molar-refractivity contribution in [2.24, 2.45) is 0 Å². The molecular weight excluding hydrogens is 236 g/mol. The molecule has 0 radical (unpaired) electrons. The highest BCUT2D eigenvalue weighted by Crippen LogP contribution is 2.22. The molecule has 1 unspecified atom stereocenters. The summed E-state index contributed by atoms with van der Waals surface area (Å²) < 4.78 is 1.94. The van der Waals surface area contributed by atoms with E-state index in [2.05, 4.69) is 29.0 Å². The molecule has 0 aliphatic carbocycles. The molecule has 17 heavy (non-hydrogen) atoms. The first kappa shape index (κ1) is 12.0. The van der Waals surface area contributed by atoms with Crippen molar-refractivity contribution in [3.8, 4) is 0 Å². The second-order valence-electron chi connectivity index (χ2n) is 3.94. The summed E-state index contributed by atoms with van der Waals surface area (Å²) in [6, 6.07) is 5.91. The minimum Gasteiger partial charge on any atom is -0.293 e. The number of nitrogens with zero attached hydrogens (tertiary/aromatic N) is 4. The molecule has 0 aromatic carbocycles. The van der Waals surface area contributed by atoms with Crippen molar-refractivity contribution < 1.29 is 0 Å². The second kappa shape index (κ2) is 5.27. The van der Waals surface area contributed by atoms with E-state index in [0.717, 1.165) is 24.4 Å². The van der Waals surface area contributed by atoms with Crippen molar-refractivity contribution in [1.82, 2.24) is 19.7 Å². The first-order chi connectivity index (χ1) is 8.24. The zero-order chi connectivity index (χ0) is 12.3. The summed E-state index contributed by atoms with van der Waals surface area (Å²) in [6.45, 7) is 4.16. The molecule has 0 spiro atoms. The zero-order valence-corrected chi connectivity index (χ0v) is 10.7. The Morgan fingerprint density at radius 3 is 2.82 bits per heavy atom. The number of pyridine rings is 1. The first-order valence-corrected chi connectivity index (χ1v) is 6.12. The molecule has 0 N–H and O–H groups in total. The van der Waals surface area contributed by atoms with Gasteiger partial charge in [0.2, 0.25) is 5.28 Å². The molecule has 0 fully saturated rings. The number of hydrogen-bond donors (Lipinski definition) is 0. The predicted octanol–water partition coefficient (Wildman–Crippen LogP) is 2.89. The quantitative estimate of drug-likeness (QED) is 0.838. The summed E-state index contributed by atoms with van der Waals surface area (Å²) in [5.41, 5.74) is 0.964. The summed E-state index contributed by atoms with van der Waals surface area (Å²) in [6.07, 6.45) is 3.67. The van der Waals surface area contributed by atoms with Crippen LogP contribution < -0.4 is 0 Å². The van der Waals surface area contributed by atoms with E-state index in [1.165, 1.54) is 0 Å². The normalized spacial score (nSPS) is 12.6. The second-order valence-corrected chi connectivity index (χ2v) is 4.27. The number of aryl methyl sites for hydroxylation is 1. The Morgan fingerprint density at radius 1 is 1.35 bits per heavy atom. The van der Waals surface area contributed by atoms with Gasteiger partial charge in [-0.3, -0.25) is 9.55 Å². The van der Waals surface area contributed by atoms with Crippen LogP contribution in [0.3, 0.4) is 0 Å². The Morgan fingerprint density at radius 2 is 2.18 bits per heavy atom. The lowest BCUT2D eigenvalue weighted by atomic mass is 10.2. The van der Waals surface area contributed by atoms with E-state index in [4.69, 9.17) is 11.6 Å². The fourth-order valence-electron chi connectivity index (χ4n) is 1.83. The largest absolute Gasteiger partial charge is 0.293 e. The molecule has 90 valence electrons. The Labute approximate surface area is 106 Å². The lowest BCUT2D eigenvalue weighted by Gasteiger charge is -2.15. The van der Waals surface area contributed by atoms with Gasteiger partial charge in [-0.2, -0.15) is 0 Å². The zero-order valence-electron chi connectivity index (χ0n) is 9.97. The highest BCUT2D eigenvalue weighted by molar-refractivity contribution is 6.28. The van der Waals surface area contributed by atoms with Gasteiger partial charge in [0.1, 0.15) is 5.82 Å². The molecule has 2 aromatic rings. The maximum atomic E-state index is 6.09. The predicted molar refractivity (Wildman–Crippen MR) is 67.1 cm³/mol. The Balaban J connectivity index is 2.36. The standard InChI is InChI=1S/C12H15ClN4/c1-3-6-11-15-16-12(13)17(11)9(2)10-7-4-5-8-14-10/h4-5,7-9H,3,6H2,1-2H3. The van der Waals surface area contributed by atoms with Crippen molar-refractivity contribution in [3.63, 3.8) is 0 Å². The van der Waals surface area contributed by atoms with Crippen molar-refractivity contribution >= 4 is 11.6 Å². The number of rotatable bonds is 4. The number of aromatic nitrogens is 4. The molecule has 0 bridgehead atoms. The van der Waals surface area contributed by atoms with E-state index in [9.17, 15) is 0 Å². The minimum atomic E-state index is 0.0558. The van der Waals surface area contributed by atoms with Gasteiger partial charge < -0.3 is 0 Å². The third-order valence-electron chi connectivity index (χ3n) is 2.70. The highest BCUT2D eigenvalue weighted by Gasteiger charge is 2.17. The fourth-order valence-corrected chi connectivity index (χ4v) is 2.12. The van der Waals surface area contributed by atoms with Crippen LogP contribution in [-0.4, -0.2) is 19.7 Å². The van der Waals surface area contributed by atoms with Gasteiger partial charge in [-0.1, -0.05) is 13.0 Å². The Kier molecular flexibility index (Phi) is 3.74. The van der Waals surface area contributed by atoms with Crippen LogP contribution in [0, 0.1) is 0 Å². The number of hydrogen-bond acceptors (Lipinski definition) is 3. The van der Waals surface area contributed by atoms with E-state index in [1.54, 1.807) is 6.20 Å². The van der Waals surface area contributed by atoms with Crippen LogP contribution in [0.1, 0.15) is 37.8 Å². The van der Waals surface area contributed by atoms with Gasteiger partial charge in [-0.15, -0.1) is 10.2 Å². The molecular formula is C12H15ClN4. The summed E-state index contributed by atoms with van der Waals surface area (Å²) >= 11 is 6.09. The van der Waals surface area contributed by atoms with Crippen LogP contribution in [-0.2, 0) is 6.42 Å². The molecule has 0 aliphatic heterocycles. The highest BCUT2D eigenvalue weighted by atomic mass is 35.5. The molecule has 2 rings (SSSR count). The lowest BCUT2D eigenvalue weighted by Crippen LogP contribution is -2.12. The maximum Gasteiger partial charge on any atom is 0.225 e. The Bertz CT molecular complexity index is 481. The minimum absolute atomic E-state index is 0.0558. The smallest absolute Gasteiger partial charge is 0.225 e. The van der Waals surface area contributed by atoms with Gasteiger partial charge >= 0.3 is 0 Å². The van der Waals surface area contributed by atoms with Crippen molar-refractivity contribution in [1.29, 1.82) is 0 Å². The molecule has 0 amide bonds. The van der Waals surface area contributed by atoms with Crippen molar-refractivity contribution in [2.75, 3.05) is 0 Å². The van der Waals surface area contributed by atoms with Gasteiger partial charge in [0.05, 0.1) is 11.7 Å². The van der Waals surface area contributed by atoms with E-state index in [1.807, 2.05) is 22.8 Å². The monoisotopic (exact) mass is 250 g/mol. The Hall–Kier alpha value is -1.42. The molecule has 4 nitrogen and oxygen atoms in total. The van der Waals surface area contributed by atoms with Crippen LogP contribution >= 0.6 is 11.6 Å². The average Bonchev–Trinajstić information content (AvgIpc) is 2.71. The fraction of sp³-hybridized carbons (Fsp3) is 0.417. The van der Waals surface area contributed by atoms with Gasteiger partial charge in [0.15, 0.2) is 0 Å². The van der Waals surface area contributed by atoms with Crippen LogP contribution in [0.25, 0.3) is 0 Å². The topological polar surface area (TPSA) is 43.6 Å². The van der Waals surface area contributed by atoms with Crippen LogP contribution in [0.4, 0.5) is 0 Å². The summed E-state index contributed by atoms with van der Waals surface area (Å²) in [7, 11) is 0. The lowest BCUT2D eigenvalue weighted by molar-refractivity contribution is 0.582. The van der Waals surface area contributed by atoms with Gasteiger partial charge in [0.25, 0.3) is 0 Å². The van der Waals surface area contributed by atoms with Crippen molar-refractivity contribution in [3.05, 3.63) is 41.2 Å². The van der Waals surface area contributed by atoms with Crippen LogP contribution in [0.15, 0.2) is 24.4 Å². The molecule has 2 aromatic heterocycles. The third kappa shape index (κ3) is 2.47. The average molecular weight is 251 g/mol. The van der Waals surface area contributed by atoms with E-state index >= 15 is 0 Å². The summed E-state index contributed by atoms with van der Waals surface area (Å²) in [4.78, 5) is 4.34. The van der Waals surface area contributed by atoms with E-state index < -0.39 is 0 Å². The maximum absolute atomic E-state index is 6.09. The molecule has 0 aliphatic rings. The third-order valence-corrected chi connectivity index (χ3v) is 2.96. The van der Waals surface area contributed by atoms with Crippen LogP contribution in [0.5, 0.6) is 0 Å². The SMILES string of the molecule is CCCc1nnc(Cl)n1C(C)c1ccccn1. The van der Waals surface area contributed by atoms with E-state index in [-0.39, 0.29) is 6.04 Å². The van der Waals surface area contributed by atoms with Gasteiger partial charge in [-0.25, -0.2) is 0 Å².